The summed E-state index contributed by atoms with van der Waals surface area (Å²) in [5.41, 5.74) is -1.30. The van der Waals surface area contributed by atoms with E-state index in [0.717, 1.165) is 0 Å². The highest BCUT2D eigenvalue weighted by Crippen LogP contribution is 2.30. The molecular formula is C28H35N5O7S. The van der Waals surface area contributed by atoms with Gasteiger partial charge in [-0.15, -0.1) is 0 Å². The summed E-state index contributed by atoms with van der Waals surface area (Å²) in [7, 11) is -4.10. The molecule has 1 fully saturated rings. The Hall–Kier alpha value is -4.18. The molecule has 0 unspecified atom stereocenters. The maximum Gasteiger partial charge on any atom is 0.408 e. The number of amides is 2. The predicted octanol–water partition coefficient (Wildman–Crippen LogP) is 2.95. The van der Waals surface area contributed by atoms with Crippen LogP contribution >= 0.6 is 0 Å². The number of rotatable bonds is 8. The fourth-order valence-electron chi connectivity index (χ4n) is 4.41. The maximum atomic E-state index is 13.5. The summed E-state index contributed by atoms with van der Waals surface area (Å²) in [5.74, 6) is -1.59. The number of piperidine rings is 1. The van der Waals surface area contributed by atoms with E-state index in [0.29, 0.717) is 17.1 Å². The highest BCUT2D eigenvalue weighted by atomic mass is 32.2. The lowest BCUT2D eigenvalue weighted by Crippen LogP contribution is -2.64. The first kappa shape index (κ1) is 31.3. The summed E-state index contributed by atoms with van der Waals surface area (Å²) in [6.45, 7) is 8.76. The molecule has 1 aliphatic rings. The number of hydrogen-bond acceptors (Lipinski definition) is 10. The molecule has 1 saturated heterocycles. The van der Waals surface area contributed by atoms with E-state index in [9.17, 15) is 28.1 Å². The Balaban J connectivity index is 1.87. The van der Waals surface area contributed by atoms with E-state index < -0.39 is 44.9 Å². The number of hydrogen-bond donors (Lipinski definition) is 2. The number of carbonyl (C=O) groups excluding carboxylic acids is 3. The standard InChI is InChI=1S/C28H35N5O7S/c1-6-39-24(34)22-16-21(17-29)23(30-19(22)2)33-14-12-28(13-15-33,31-26(36)40-27(3,4)5)25(35)32-41(37,38)18-20-10-8-7-9-11-20/h7-11,16H,6,12-15,18H2,1-5H3,(H,31,36)(H,32,35). The van der Waals surface area contributed by atoms with Crippen molar-refractivity contribution in [1.29, 1.82) is 5.26 Å². The Kier molecular flexibility index (Phi) is 9.60. The van der Waals surface area contributed by atoms with Crippen LogP contribution in [-0.2, 0) is 30.0 Å². The van der Waals surface area contributed by atoms with E-state index in [1.54, 1.807) is 69.9 Å². The fourth-order valence-corrected chi connectivity index (χ4v) is 5.59. The monoisotopic (exact) mass is 585 g/mol. The quantitative estimate of drug-likeness (QED) is 0.440. The Labute approximate surface area is 240 Å². The summed E-state index contributed by atoms with van der Waals surface area (Å²) in [4.78, 5) is 44.8. The predicted molar refractivity (Wildman–Crippen MR) is 150 cm³/mol. The largest absolute Gasteiger partial charge is 0.462 e. The molecular weight excluding hydrogens is 550 g/mol. The molecule has 1 aromatic carbocycles. The number of aryl methyl sites for hydroxylation is 1. The van der Waals surface area contributed by atoms with E-state index in [1.165, 1.54) is 6.07 Å². The third-order valence-corrected chi connectivity index (χ3v) is 7.56. The molecule has 1 aliphatic heterocycles. The number of esters is 1. The normalized spacial score (nSPS) is 14.9. The number of benzene rings is 1. The van der Waals surface area contributed by atoms with Crippen molar-refractivity contribution in [2.45, 2.75) is 64.4 Å². The van der Waals surface area contributed by atoms with Crippen LogP contribution in [0.4, 0.5) is 10.6 Å². The fraction of sp³-hybridized carbons (Fsp3) is 0.464. The van der Waals surface area contributed by atoms with Gasteiger partial charge in [0.15, 0.2) is 0 Å². The number of alkyl carbamates (subject to hydrolysis) is 1. The second kappa shape index (κ2) is 12.6. The van der Waals surface area contributed by atoms with Crippen molar-refractivity contribution in [3.63, 3.8) is 0 Å². The molecule has 2 heterocycles. The molecule has 41 heavy (non-hydrogen) atoms. The van der Waals surface area contributed by atoms with Crippen molar-refractivity contribution < 1.29 is 32.3 Å². The summed E-state index contributed by atoms with van der Waals surface area (Å²) in [6.07, 6.45) is -0.888. The smallest absolute Gasteiger partial charge is 0.408 e. The number of sulfonamides is 1. The minimum absolute atomic E-state index is 0.00976. The number of aromatic nitrogens is 1. The Morgan fingerprint density at radius 2 is 1.78 bits per heavy atom. The van der Waals surface area contributed by atoms with Gasteiger partial charge in [0.2, 0.25) is 10.0 Å². The lowest BCUT2D eigenvalue weighted by Gasteiger charge is -2.41. The second-order valence-electron chi connectivity index (χ2n) is 10.7. The lowest BCUT2D eigenvalue weighted by atomic mass is 9.86. The number of nitriles is 1. The molecule has 2 aromatic rings. The van der Waals surface area contributed by atoms with Crippen LogP contribution in [0.15, 0.2) is 36.4 Å². The molecule has 3 rings (SSSR count). The van der Waals surface area contributed by atoms with E-state index in [2.05, 4.69) is 21.1 Å². The van der Waals surface area contributed by atoms with Gasteiger partial charge in [-0.25, -0.2) is 23.0 Å². The van der Waals surface area contributed by atoms with E-state index >= 15 is 0 Å². The summed E-state index contributed by atoms with van der Waals surface area (Å²) < 4.78 is 38.3. The minimum Gasteiger partial charge on any atom is -0.462 e. The Morgan fingerprint density at radius 3 is 2.34 bits per heavy atom. The van der Waals surface area contributed by atoms with Gasteiger partial charge in [0.1, 0.15) is 23.0 Å². The van der Waals surface area contributed by atoms with Crippen LogP contribution < -0.4 is 14.9 Å². The van der Waals surface area contributed by atoms with Crippen LogP contribution in [0.1, 0.15) is 67.7 Å². The van der Waals surface area contributed by atoms with Crippen LogP contribution in [0.2, 0.25) is 0 Å². The van der Waals surface area contributed by atoms with Gasteiger partial charge in [0, 0.05) is 13.1 Å². The summed E-state index contributed by atoms with van der Waals surface area (Å²) >= 11 is 0. The number of pyridine rings is 1. The van der Waals surface area contributed by atoms with Gasteiger partial charge >= 0.3 is 12.1 Å². The zero-order valence-electron chi connectivity index (χ0n) is 23.8. The first-order chi connectivity index (χ1) is 19.2. The zero-order chi connectivity index (χ0) is 30.4. The second-order valence-corrected chi connectivity index (χ2v) is 12.4. The van der Waals surface area contributed by atoms with Gasteiger partial charge in [-0.2, -0.15) is 5.26 Å². The van der Waals surface area contributed by atoms with Gasteiger partial charge in [-0.1, -0.05) is 30.3 Å². The van der Waals surface area contributed by atoms with Crippen molar-refractivity contribution in [3.05, 3.63) is 58.8 Å². The molecule has 2 N–H and O–H groups in total. The van der Waals surface area contributed by atoms with Crippen molar-refractivity contribution in [2.24, 2.45) is 0 Å². The molecule has 12 nitrogen and oxygen atoms in total. The van der Waals surface area contributed by atoms with Crippen molar-refractivity contribution in [1.82, 2.24) is 15.0 Å². The molecule has 0 aliphatic carbocycles. The van der Waals surface area contributed by atoms with Crippen LogP contribution in [0.25, 0.3) is 0 Å². The van der Waals surface area contributed by atoms with Crippen LogP contribution in [0.3, 0.4) is 0 Å². The highest BCUT2D eigenvalue weighted by molar-refractivity contribution is 7.89. The SMILES string of the molecule is CCOC(=O)c1cc(C#N)c(N2CCC(NC(=O)OC(C)(C)C)(C(=O)NS(=O)(=O)Cc3ccccc3)CC2)nc1C. The highest BCUT2D eigenvalue weighted by Gasteiger charge is 2.45. The summed E-state index contributed by atoms with van der Waals surface area (Å²) in [6, 6.07) is 11.9. The lowest BCUT2D eigenvalue weighted by molar-refractivity contribution is -0.126. The molecule has 0 spiro atoms. The molecule has 220 valence electrons. The number of carbonyl (C=O) groups is 3. The third-order valence-electron chi connectivity index (χ3n) is 6.35. The first-order valence-electron chi connectivity index (χ1n) is 13.1. The topological polar surface area (TPSA) is 168 Å². The van der Waals surface area contributed by atoms with E-state index in [-0.39, 0.29) is 43.7 Å². The average Bonchev–Trinajstić information content (AvgIpc) is 2.88. The third kappa shape index (κ3) is 8.17. The summed E-state index contributed by atoms with van der Waals surface area (Å²) in [5, 5.41) is 12.4. The Bertz CT molecular complexity index is 1440. The molecule has 2 amide bonds. The minimum atomic E-state index is -4.10. The van der Waals surface area contributed by atoms with Gasteiger partial charge in [0.05, 0.1) is 29.2 Å². The van der Waals surface area contributed by atoms with E-state index in [4.69, 9.17) is 9.47 Å². The molecule has 13 heteroatoms. The van der Waals surface area contributed by atoms with Crippen molar-refractivity contribution >= 4 is 33.8 Å². The average molecular weight is 586 g/mol. The molecule has 0 radical (unpaired) electrons. The Morgan fingerprint density at radius 1 is 1.15 bits per heavy atom. The molecule has 0 atom stereocenters. The number of ether oxygens (including phenoxy) is 2. The zero-order valence-corrected chi connectivity index (χ0v) is 24.6. The van der Waals surface area contributed by atoms with Gasteiger partial charge < -0.3 is 19.7 Å². The number of nitrogens with zero attached hydrogens (tertiary/aromatic N) is 3. The van der Waals surface area contributed by atoms with Crippen molar-refractivity contribution in [3.8, 4) is 6.07 Å². The van der Waals surface area contributed by atoms with Crippen LogP contribution in [0, 0.1) is 18.3 Å². The van der Waals surface area contributed by atoms with Gasteiger partial charge in [0.25, 0.3) is 5.91 Å². The van der Waals surface area contributed by atoms with Crippen LogP contribution in [0.5, 0.6) is 0 Å². The number of anilines is 1. The number of nitrogens with one attached hydrogen (secondary N) is 2. The van der Waals surface area contributed by atoms with E-state index in [1.807, 2.05) is 0 Å². The van der Waals surface area contributed by atoms with Crippen molar-refractivity contribution in [2.75, 3.05) is 24.6 Å². The molecule has 1 aromatic heterocycles. The molecule has 0 saturated carbocycles. The van der Waals surface area contributed by atoms with Crippen LogP contribution in [-0.4, -0.2) is 62.2 Å². The van der Waals surface area contributed by atoms with Gasteiger partial charge in [-0.3, -0.25) is 9.52 Å². The first-order valence-corrected chi connectivity index (χ1v) is 14.8. The maximum absolute atomic E-state index is 13.5. The molecule has 0 bridgehead atoms. The van der Waals surface area contributed by atoms with Gasteiger partial charge in [-0.05, 0) is 59.1 Å².